The molecule has 0 radical (unpaired) electrons. The maximum absolute atomic E-state index is 12.6. The topological polar surface area (TPSA) is 84.9 Å². The molecule has 1 fully saturated rings. The van der Waals surface area contributed by atoms with Gasteiger partial charge in [0.15, 0.2) is 6.10 Å². The predicted molar refractivity (Wildman–Crippen MR) is 113 cm³/mol. The van der Waals surface area contributed by atoms with Crippen molar-refractivity contribution in [2.24, 2.45) is 5.92 Å². The molecule has 0 unspecified atom stereocenters. The van der Waals surface area contributed by atoms with E-state index in [-0.39, 0.29) is 18.9 Å². The van der Waals surface area contributed by atoms with Crippen LogP contribution in [0.2, 0.25) is 0 Å². The Kier molecular flexibility index (Phi) is 6.72. The first kappa shape index (κ1) is 21.4. The molecule has 0 spiro atoms. The summed E-state index contributed by atoms with van der Waals surface area (Å²) in [5.41, 5.74) is 2.43. The summed E-state index contributed by atoms with van der Waals surface area (Å²) in [4.78, 5) is 39.0. The molecule has 0 aromatic heterocycles. The fraction of sp³-hybridized carbons (Fsp3) is 0.348. The summed E-state index contributed by atoms with van der Waals surface area (Å²) in [5, 5.41) is 2.69. The second-order valence-corrected chi connectivity index (χ2v) is 7.19. The predicted octanol–water partition coefficient (Wildman–Crippen LogP) is 3.18. The first-order valence-electron chi connectivity index (χ1n) is 9.96. The molecular formula is C23H26N2O5. The van der Waals surface area contributed by atoms with Gasteiger partial charge < -0.3 is 19.7 Å². The standard InChI is InChI=1S/C23H26N2O5/c1-4-16-9-11-18(12-10-16)25-14-17(13-21(25)26)23(28)30-15(2)22(27)24-19-7-5-6-8-20(19)29-3/h5-12,15,17H,4,13-14H2,1-3H3,(H,24,27)/t15-,17+/m1/s1. The van der Waals surface area contributed by atoms with E-state index in [0.717, 1.165) is 12.1 Å². The van der Waals surface area contributed by atoms with Gasteiger partial charge in [-0.15, -0.1) is 0 Å². The minimum absolute atomic E-state index is 0.0647. The van der Waals surface area contributed by atoms with E-state index in [1.807, 2.05) is 24.3 Å². The minimum atomic E-state index is -1.00. The van der Waals surface area contributed by atoms with Crippen LogP contribution >= 0.6 is 0 Å². The molecule has 0 bridgehead atoms. The summed E-state index contributed by atoms with van der Waals surface area (Å²) in [6.07, 6.45) is -0.0249. The van der Waals surface area contributed by atoms with Crippen LogP contribution in [0.5, 0.6) is 5.75 Å². The lowest BCUT2D eigenvalue weighted by molar-refractivity contribution is -0.157. The largest absolute Gasteiger partial charge is 0.495 e. The Morgan fingerprint density at radius 1 is 1.17 bits per heavy atom. The molecule has 1 aliphatic heterocycles. The van der Waals surface area contributed by atoms with Gasteiger partial charge in [-0.05, 0) is 43.2 Å². The highest BCUT2D eigenvalue weighted by atomic mass is 16.5. The third kappa shape index (κ3) is 4.79. The van der Waals surface area contributed by atoms with Crippen LogP contribution in [0.1, 0.15) is 25.8 Å². The van der Waals surface area contributed by atoms with Gasteiger partial charge in [-0.3, -0.25) is 14.4 Å². The fourth-order valence-electron chi connectivity index (χ4n) is 3.33. The lowest BCUT2D eigenvalue weighted by Gasteiger charge is -2.18. The smallest absolute Gasteiger partial charge is 0.312 e. The second kappa shape index (κ2) is 9.43. The van der Waals surface area contributed by atoms with Crippen molar-refractivity contribution in [1.82, 2.24) is 0 Å². The van der Waals surface area contributed by atoms with E-state index in [9.17, 15) is 14.4 Å². The van der Waals surface area contributed by atoms with Gasteiger partial charge in [-0.2, -0.15) is 0 Å². The molecule has 7 nitrogen and oxygen atoms in total. The zero-order chi connectivity index (χ0) is 21.7. The highest BCUT2D eigenvalue weighted by Gasteiger charge is 2.37. The molecule has 1 N–H and O–H groups in total. The van der Waals surface area contributed by atoms with Crippen LogP contribution in [0.3, 0.4) is 0 Å². The number of carbonyl (C=O) groups excluding carboxylic acids is 3. The van der Waals surface area contributed by atoms with E-state index in [1.165, 1.54) is 19.6 Å². The fourth-order valence-corrected chi connectivity index (χ4v) is 3.33. The van der Waals surface area contributed by atoms with Gasteiger partial charge in [0.1, 0.15) is 5.75 Å². The number of para-hydroxylation sites is 2. The first-order valence-corrected chi connectivity index (χ1v) is 9.96. The molecule has 1 saturated heterocycles. The quantitative estimate of drug-likeness (QED) is 0.709. The summed E-state index contributed by atoms with van der Waals surface area (Å²) < 4.78 is 10.5. The highest BCUT2D eigenvalue weighted by molar-refractivity contribution is 6.00. The summed E-state index contributed by atoms with van der Waals surface area (Å²) >= 11 is 0. The Balaban J connectivity index is 1.58. The lowest BCUT2D eigenvalue weighted by Crippen LogP contribution is -2.33. The van der Waals surface area contributed by atoms with Crippen LogP contribution in [0.25, 0.3) is 0 Å². The average Bonchev–Trinajstić information content (AvgIpc) is 3.15. The van der Waals surface area contributed by atoms with Crippen molar-refractivity contribution < 1.29 is 23.9 Å². The number of methoxy groups -OCH3 is 1. The molecule has 1 aliphatic rings. The van der Waals surface area contributed by atoms with E-state index in [1.54, 1.807) is 29.2 Å². The van der Waals surface area contributed by atoms with E-state index in [0.29, 0.717) is 11.4 Å². The van der Waals surface area contributed by atoms with Crippen molar-refractivity contribution in [3.8, 4) is 5.75 Å². The average molecular weight is 410 g/mol. The van der Waals surface area contributed by atoms with Crippen molar-refractivity contribution in [3.05, 3.63) is 54.1 Å². The lowest BCUT2D eigenvalue weighted by atomic mass is 10.1. The van der Waals surface area contributed by atoms with Crippen LogP contribution < -0.4 is 15.0 Å². The molecule has 3 rings (SSSR count). The SMILES string of the molecule is CCc1ccc(N2C[C@@H](C(=O)O[C@H](C)C(=O)Nc3ccccc3OC)CC2=O)cc1. The summed E-state index contributed by atoms with van der Waals surface area (Å²) in [7, 11) is 1.51. The Morgan fingerprint density at radius 3 is 2.53 bits per heavy atom. The number of aryl methyl sites for hydroxylation is 1. The maximum atomic E-state index is 12.6. The van der Waals surface area contributed by atoms with Crippen LogP contribution in [0, 0.1) is 5.92 Å². The van der Waals surface area contributed by atoms with Gasteiger partial charge in [0, 0.05) is 18.7 Å². The number of esters is 1. The van der Waals surface area contributed by atoms with Gasteiger partial charge >= 0.3 is 5.97 Å². The number of carbonyl (C=O) groups is 3. The Hall–Kier alpha value is -3.35. The zero-order valence-electron chi connectivity index (χ0n) is 17.4. The van der Waals surface area contributed by atoms with Gasteiger partial charge in [0.2, 0.25) is 5.91 Å². The van der Waals surface area contributed by atoms with Crippen molar-refractivity contribution in [2.75, 3.05) is 23.9 Å². The Morgan fingerprint density at radius 2 is 1.87 bits per heavy atom. The van der Waals surface area contributed by atoms with E-state index < -0.39 is 23.9 Å². The summed E-state index contributed by atoms with van der Waals surface area (Å²) in [5.74, 6) is -1.25. The van der Waals surface area contributed by atoms with Crippen molar-refractivity contribution in [2.45, 2.75) is 32.8 Å². The number of nitrogens with zero attached hydrogens (tertiary/aromatic N) is 1. The number of nitrogens with one attached hydrogen (secondary N) is 1. The normalized spacial score (nSPS) is 16.8. The molecule has 30 heavy (non-hydrogen) atoms. The summed E-state index contributed by atoms with van der Waals surface area (Å²) in [6, 6.07) is 14.7. The number of hydrogen-bond donors (Lipinski definition) is 1. The zero-order valence-corrected chi connectivity index (χ0v) is 17.4. The van der Waals surface area contributed by atoms with Gasteiger partial charge in [0.25, 0.3) is 5.91 Å². The molecule has 0 saturated carbocycles. The Labute approximate surface area is 176 Å². The van der Waals surface area contributed by atoms with Crippen molar-refractivity contribution >= 4 is 29.2 Å². The number of ether oxygens (including phenoxy) is 2. The molecular weight excluding hydrogens is 384 g/mol. The molecule has 7 heteroatoms. The third-order valence-corrected chi connectivity index (χ3v) is 5.14. The molecule has 1 heterocycles. The van der Waals surface area contributed by atoms with Crippen LogP contribution in [-0.4, -0.2) is 37.5 Å². The maximum Gasteiger partial charge on any atom is 0.312 e. The van der Waals surface area contributed by atoms with Crippen LogP contribution in [0.4, 0.5) is 11.4 Å². The van der Waals surface area contributed by atoms with Crippen LogP contribution in [-0.2, 0) is 25.5 Å². The minimum Gasteiger partial charge on any atom is -0.495 e. The monoisotopic (exact) mass is 410 g/mol. The molecule has 2 amide bonds. The van der Waals surface area contributed by atoms with Crippen LogP contribution in [0.15, 0.2) is 48.5 Å². The van der Waals surface area contributed by atoms with Gasteiger partial charge in [0.05, 0.1) is 18.7 Å². The molecule has 158 valence electrons. The van der Waals surface area contributed by atoms with Gasteiger partial charge in [-0.1, -0.05) is 31.2 Å². The number of amides is 2. The highest BCUT2D eigenvalue weighted by Crippen LogP contribution is 2.27. The number of rotatable bonds is 7. The van der Waals surface area contributed by atoms with E-state index in [4.69, 9.17) is 9.47 Å². The molecule has 2 aromatic rings. The van der Waals surface area contributed by atoms with Crippen molar-refractivity contribution in [1.29, 1.82) is 0 Å². The van der Waals surface area contributed by atoms with Gasteiger partial charge in [-0.25, -0.2) is 0 Å². The van der Waals surface area contributed by atoms with Crippen molar-refractivity contribution in [3.63, 3.8) is 0 Å². The Bertz CT molecular complexity index is 925. The number of hydrogen-bond acceptors (Lipinski definition) is 5. The molecule has 2 atom stereocenters. The number of anilines is 2. The third-order valence-electron chi connectivity index (χ3n) is 5.14. The molecule has 2 aromatic carbocycles. The van der Waals surface area contributed by atoms with E-state index >= 15 is 0 Å². The summed E-state index contributed by atoms with van der Waals surface area (Å²) in [6.45, 7) is 3.80. The second-order valence-electron chi connectivity index (χ2n) is 7.19. The number of benzene rings is 2. The first-order chi connectivity index (χ1) is 14.4. The van der Waals surface area contributed by atoms with E-state index in [2.05, 4.69) is 12.2 Å². The molecule has 0 aliphatic carbocycles.